The number of likely N-dealkylation sites (tertiary alicyclic amines) is 1. The Morgan fingerprint density at radius 3 is 2.75 bits per heavy atom. The number of anilines is 1. The van der Waals surface area contributed by atoms with Crippen molar-refractivity contribution in [2.75, 3.05) is 38.6 Å². The van der Waals surface area contributed by atoms with Gasteiger partial charge in [-0.1, -0.05) is 18.5 Å². The summed E-state index contributed by atoms with van der Waals surface area (Å²) in [5, 5.41) is 4.18. The summed E-state index contributed by atoms with van der Waals surface area (Å²) in [6.45, 7) is 6.24. The molecule has 0 radical (unpaired) electrons. The largest absolute Gasteiger partial charge is 0.492 e. The van der Waals surface area contributed by atoms with Crippen LogP contribution in [0.1, 0.15) is 26.2 Å². The van der Waals surface area contributed by atoms with E-state index in [2.05, 4.69) is 24.2 Å². The lowest BCUT2D eigenvalue weighted by molar-refractivity contribution is 0.226. The van der Waals surface area contributed by atoms with E-state index < -0.39 is 0 Å². The molecule has 0 aliphatic carbocycles. The molecule has 1 N–H and O–H groups in total. The van der Waals surface area contributed by atoms with Crippen molar-refractivity contribution < 1.29 is 4.74 Å². The molecule has 112 valence electrons. The van der Waals surface area contributed by atoms with Crippen molar-refractivity contribution in [1.29, 1.82) is 0 Å². The molecule has 0 spiro atoms. The minimum Gasteiger partial charge on any atom is -0.492 e. The Morgan fingerprint density at radius 1 is 1.35 bits per heavy atom. The number of rotatable bonds is 6. The van der Waals surface area contributed by atoms with Crippen molar-refractivity contribution in [2.24, 2.45) is 5.92 Å². The van der Waals surface area contributed by atoms with Crippen LogP contribution in [0.3, 0.4) is 0 Å². The lowest BCUT2D eigenvalue weighted by Gasteiger charge is -2.29. The van der Waals surface area contributed by atoms with Crippen molar-refractivity contribution in [3.05, 3.63) is 23.2 Å². The molecule has 3 nitrogen and oxygen atoms in total. The molecule has 1 saturated heterocycles. The van der Waals surface area contributed by atoms with E-state index in [9.17, 15) is 0 Å². The zero-order valence-electron chi connectivity index (χ0n) is 12.5. The highest BCUT2D eigenvalue weighted by Gasteiger charge is 2.16. The first-order chi connectivity index (χ1) is 9.69. The van der Waals surface area contributed by atoms with Crippen LogP contribution in [0.15, 0.2) is 18.2 Å². The third-order valence-electron chi connectivity index (χ3n) is 3.83. The molecule has 0 atom stereocenters. The van der Waals surface area contributed by atoms with Crippen LogP contribution in [0, 0.1) is 5.92 Å². The number of ether oxygens (including phenoxy) is 1. The minimum absolute atomic E-state index is 0.687. The molecule has 4 heteroatoms. The first-order valence-corrected chi connectivity index (χ1v) is 7.91. The van der Waals surface area contributed by atoms with Crippen LogP contribution in [0.25, 0.3) is 0 Å². The Morgan fingerprint density at radius 2 is 2.10 bits per heavy atom. The molecule has 1 aliphatic heterocycles. The molecule has 1 aromatic carbocycles. The lowest BCUT2D eigenvalue weighted by atomic mass is 9.97. The molecule has 2 rings (SSSR count). The van der Waals surface area contributed by atoms with Gasteiger partial charge in [0.15, 0.2) is 0 Å². The Kier molecular flexibility index (Phi) is 5.99. The average molecular weight is 297 g/mol. The quantitative estimate of drug-likeness (QED) is 0.862. The van der Waals surface area contributed by atoms with E-state index in [1.54, 1.807) is 0 Å². The fourth-order valence-corrected chi connectivity index (χ4v) is 2.70. The zero-order chi connectivity index (χ0) is 14.4. The van der Waals surface area contributed by atoms with E-state index in [-0.39, 0.29) is 0 Å². The van der Waals surface area contributed by atoms with Crippen LogP contribution in [-0.2, 0) is 0 Å². The molecule has 0 amide bonds. The maximum atomic E-state index is 6.23. The van der Waals surface area contributed by atoms with Gasteiger partial charge >= 0.3 is 0 Å². The maximum Gasteiger partial charge on any atom is 0.138 e. The highest BCUT2D eigenvalue weighted by molar-refractivity contribution is 6.32. The summed E-state index contributed by atoms with van der Waals surface area (Å²) in [7, 11) is 2.19. The van der Waals surface area contributed by atoms with Crippen LogP contribution in [0.2, 0.25) is 5.02 Å². The van der Waals surface area contributed by atoms with Gasteiger partial charge in [0, 0.05) is 12.2 Å². The monoisotopic (exact) mass is 296 g/mol. The minimum atomic E-state index is 0.687. The van der Waals surface area contributed by atoms with Crippen LogP contribution in [0.4, 0.5) is 5.69 Å². The summed E-state index contributed by atoms with van der Waals surface area (Å²) in [5.74, 6) is 1.54. The van der Waals surface area contributed by atoms with Gasteiger partial charge in [-0.2, -0.15) is 0 Å². The Balaban J connectivity index is 1.82. The number of nitrogens with one attached hydrogen (secondary N) is 1. The summed E-state index contributed by atoms with van der Waals surface area (Å²) in [6.07, 6.45) is 3.54. The van der Waals surface area contributed by atoms with Crippen molar-refractivity contribution >= 4 is 17.3 Å². The predicted molar refractivity (Wildman–Crippen MR) is 85.9 cm³/mol. The van der Waals surface area contributed by atoms with Crippen molar-refractivity contribution in [3.63, 3.8) is 0 Å². The van der Waals surface area contributed by atoms with E-state index in [1.165, 1.54) is 25.9 Å². The van der Waals surface area contributed by atoms with Crippen LogP contribution in [0.5, 0.6) is 5.75 Å². The number of hydrogen-bond donors (Lipinski definition) is 1. The smallest absolute Gasteiger partial charge is 0.138 e. The van der Waals surface area contributed by atoms with E-state index in [4.69, 9.17) is 16.3 Å². The highest BCUT2D eigenvalue weighted by Crippen LogP contribution is 2.28. The van der Waals surface area contributed by atoms with Gasteiger partial charge in [-0.3, -0.25) is 0 Å². The first-order valence-electron chi connectivity index (χ1n) is 7.53. The maximum absolute atomic E-state index is 6.23. The molecule has 1 heterocycles. The number of benzene rings is 1. The highest BCUT2D eigenvalue weighted by atomic mass is 35.5. The normalized spacial score (nSPS) is 17.1. The van der Waals surface area contributed by atoms with Crippen molar-refractivity contribution in [2.45, 2.75) is 26.2 Å². The van der Waals surface area contributed by atoms with E-state index in [1.807, 2.05) is 18.2 Å². The lowest BCUT2D eigenvalue weighted by Crippen LogP contribution is -2.32. The van der Waals surface area contributed by atoms with Gasteiger partial charge in [0.05, 0.1) is 11.6 Å². The Labute approximate surface area is 127 Å². The predicted octanol–water partition coefficient (Wildman–Crippen LogP) is 3.88. The van der Waals surface area contributed by atoms with E-state index in [0.717, 1.165) is 30.3 Å². The van der Waals surface area contributed by atoms with Crippen molar-refractivity contribution in [3.8, 4) is 5.75 Å². The molecule has 0 aromatic heterocycles. The van der Waals surface area contributed by atoms with Gasteiger partial charge < -0.3 is 15.0 Å². The fourth-order valence-electron chi connectivity index (χ4n) is 2.47. The zero-order valence-corrected chi connectivity index (χ0v) is 13.2. The molecule has 20 heavy (non-hydrogen) atoms. The van der Waals surface area contributed by atoms with Crippen LogP contribution < -0.4 is 10.1 Å². The molecule has 1 aliphatic rings. The van der Waals surface area contributed by atoms with E-state index >= 15 is 0 Å². The number of piperidine rings is 1. The standard InChI is InChI=1S/C16H25ClN2O/c1-3-10-20-16-5-4-14(11-15(16)17)18-12-13-6-8-19(2)9-7-13/h4-5,11,13,18H,3,6-10,12H2,1-2H3. The molecular weight excluding hydrogens is 272 g/mol. The summed E-state index contributed by atoms with van der Waals surface area (Å²) < 4.78 is 5.58. The summed E-state index contributed by atoms with van der Waals surface area (Å²) >= 11 is 6.23. The summed E-state index contributed by atoms with van der Waals surface area (Å²) in [4.78, 5) is 2.40. The molecule has 0 bridgehead atoms. The van der Waals surface area contributed by atoms with Gasteiger partial charge in [-0.15, -0.1) is 0 Å². The van der Waals surface area contributed by atoms with Gasteiger partial charge in [-0.05, 0) is 63.5 Å². The summed E-state index contributed by atoms with van der Waals surface area (Å²) in [5.41, 5.74) is 1.08. The average Bonchev–Trinajstić information content (AvgIpc) is 2.46. The van der Waals surface area contributed by atoms with Gasteiger partial charge in [0.25, 0.3) is 0 Å². The fraction of sp³-hybridized carbons (Fsp3) is 0.625. The van der Waals surface area contributed by atoms with Gasteiger partial charge in [0.1, 0.15) is 5.75 Å². The topological polar surface area (TPSA) is 24.5 Å². The molecular formula is C16H25ClN2O. The number of halogens is 1. The molecule has 1 fully saturated rings. The molecule has 0 saturated carbocycles. The Hall–Kier alpha value is -0.930. The SMILES string of the molecule is CCCOc1ccc(NCC2CCN(C)CC2)cc1Cl. The van der Waals surface area contributed by atoms with Crippen LogP contribution >= 0.6 is 11.6 Å². The second kappa shape index (κ2) is 7.75. The van der Waals surface area contributed by atoms with E-state index in [0.29, 0.717) is 11.6 Å². The second-order valence-electron chi connectivity index (χ2n) is 5.62. The van der Waals surface area contributed by atoms with Crippen molar-refractivity contribution in [1.82, 2.24) is 4.90 Å². The number of hydrogen-bond acceptors (Lipinski definition) is 3. The number of nitrogens with zero attached hydrogens (tertiary/aromatic N) is 1. The summed E-state index contributed by atoms with van der Waals surface area (Å²) in [6, 6.07) is 5.96. The van der Waals surface area contributed by atoms with Gasteiger partial charge in [0.2, 0.25) is 0 Å². The second-order valence-corrected chi connectivity index (χ2v) is 6.03. The van der Waals surface area contributed by atoms with Gasteiger partial charge in [-0.25, -0.2) is 0 Å². The first kappa shape index (κ1) is 15.5. The third kappa shape index (κ3) is 4.57. The Bertz CT molecular complexity index is 417. The molecule has 1 aromatic rings. The third-order valence-corrected chi connectivity index (χ3v) is 4.12. The molecule has 0 unspecified atom stereocenters. The van der Waals surface area contributed by atoms with Crippen LogP contribution in [-0.4, -0.2) is 38.2 Å².